The summed E-state index contributed by atoms with van der Waals surface area (Å²) < 4.78 is 8.76. The SMILES string of the molecule is CC/C=C/c1cn(C)c(=O)n1-c1ccc2c(c1)N(C(=O)OC(C)(C)C)CC2. The van der Waals surface area contributed by atoms with Crippen molar-refractivity contribution in [3.05, 3.63) is 52.2 Å². The fraction of sp³-hybridized carbons (Fsp3) is 0.429. The van der Waals surface area contributed by atoms with Gasteiger partial charge < -0.3 is 9.30 Å². The molecule has 0 saturated carbocycles. The minimum Gasteiger partial charge on any atom is -0.443 e. The zero-order valence-electron chi connectivity index (χ0n) is 16.7. The third kappa shape index (κ3) is 3.84. The van der Waals surface area contributed by atoms with Crippen LogP contribution in [-0.2, 0) is 18.2 Å². The molecule has 0 radical (unpaired) electrons. The van der Waals surface area contributed by atoms with Crippen LogP contribution in [0.1, 0.15) is 45.4 Å². The molecule has 0 aliphatic carbocycles. The minimum absolute atomic E-state index is 0.118. The number of allylic oxidation sites excluding steroid dienone is 1. The average molecular weight is 369 g/mol. The maximum Gasteiger partial charge on any atom is 0.414 e. The van der Waals surface area contributed by atoms with Gasteiger partial charge in [-0.3, -0.25) is 9.47 Å². The van der Waals surface area contributed by atoms with E-state index in [1.54, 1.807) is 21.1 Å². The maximum atomic E-state index is 12.6. The summed E-state index contributed by atoms with van der Waals surface area (Å²) in [5, 5.41) is 0. The molecule has 1 aliphatic rings. The average Bonchev–Trinajstić information content (AvgIpc) is 3.12. The number of ether oxygens (including phenoxy) is 1. The predicted molar refractivity (Wildman–Crippen MR) is 108 cm³/mol. The van der Waals surface area contributed by atoms with Crippen molar-refractivity contribution < 1.29 is 9.53 Å². The molecule has 144 valence electrons. The molecule has 27 heavy (non-hydrogen) atoms. The van der Waals surface area contributed by atoms with Crippen LogP contribution in [0.3, 0.4) is 0 Å². The fourth-order valence-corrected chi connectivity index (χ4v) is 3.21. The number of fused-ring (bicyclic) bond motifs is 1. The molecular weight excluding hydrogens is 342 g/mol. The van der Waals surface area contributed by atoms with Gasteiger partial charge in [-0.05, 0) is 57.4 Å². The van der Waals surface area contributed by atoms with Gasteiger partial charge in [0, 0.05) is 19.8 Å². The highest BCUT2D eigenvalue weighted by atomic mass is 16.6. The lowest BCUT2D eigenvalue weighted by molar-refractivity contribution is 0.0584. The third-order valence-electron chi connectivity index (χ3n) is 4.44. The van der Waals surface area contributed by atoms with Crippen molar-refractivity contribution >= 4 is 17.9 Å². The Morgan fingerprint density at radius 1 is 1.30 bits per heavy atom. The van der Waals surface area contributed by atoms with Crippen molar-refractivity contribution in [2.45, 2.75) is 46.1 Å². The molecule has 0 saturated heterocycles. The van der Waals surface area contributed by atoms with E-state index in [2.05, 4.69) is 6.92 Å². The quantitative estimate of drug-likeness (QED) is 0.825. The number of rotatable bonds is 3. The molecule has 3 rings (SSSR count). The van der Waals surface area contributed by atoms with Crippen LogP contribution in [0.2, 0.25) is 0 Å². The first-order chi connectivity index (χ1) is 12.7. The summed E-state index contributed by atoms with van der Waals surface area (Å²) in [5.74, 6) is 0. The van der Waals surface area contributed by atoms with E-state index in [1.165, 1.54) is 0 Å². The zero-order valence-corrected chi connectivity index (χ0v) is 16.7. The molecule has 0 unspecified atom stereocenters. The maximum absolute atomic E-state index is 12.6. The van der Waals surface area contributed by atoms with Crippen molar-refractivity contribution in [1.29, 1.82) is 0 Å². The molecule has 6 nitrogen and oxygen atoms in total. The van der Waals surface area contributed by atoms with Gasteiger partial charge in [-0.25, -0.2) is 9.59 Å². The second-order valence-corrected chi connectivity index (χ2v) is 7.79. The Bertz CT molecular complexity index is 945. The van der Waals surface area contributed by atoms with Crippen LogP contribution in [0, 0.1) is 0 Å². The molecular formula is C21H27N3O3. The van der Waals surface area contributed by atoms with Crippen LogP contribution in [0.5, 0.6) is 0 Å². The van der Waals surface area contributed by atoms with Crippen LogP contribution in [0.15, 0.2) is 35.3 Å². The van der Waals surface area contributed by atoms with E-state index in [0.29, 0.717) is 6.54 Å². The molecule has 2 aromatic rings. The second kappa shape index (κ2) is 7.10. The Morgan fingerprint density at radius 3 is 2.70 bits per heavy atom. The van der Waals surface area contributed by atoms with E-state index in [9.17, 15) is 9.59 Å². The molecule has 1 aromatic heterocycles. The smallest absolute Gasteiger partial charge is 0.414 e. The summed E-state index contributed by atoms with van der Waals surface area (Å²) in [5.41, 5.74) is 2.78. The number of imidazole rings is 1. The number of carbonyl (C=O) groups excluding carboxylic acids is 1. The number of nitrogens with zero attached hydrogens (tertiary/aromatic N) is 3. The molecule has 1 aliphatic heterocycles. The molecule has 1 aromatic carbocycles. The van der Waals surface area contributed by atoms with Gasteiger partial charge in [0.1, 0.15) is 5.60 Å². The van der Waals surface area contributed by atoms with E-state index < -0.39 is 5.60 Å². The van der Waals surface area contributed by atoms with Crippen molar-refractivity contribution in [1.82, 2.24) is 9.13 Å². The second-order valence-electron chi connectivity index (χ2n) is 7.79. The van der Waals surface area contributed by atoms with Gasteiger partial charge in [-0.2, -0.15) is 0 Å². The molecule has 0 N–H and O–H groups in total. The number of anilines is 1. The number of hydrogen-bond acceptors (Lipinski definition) is 3. The number of amides is 1. The standard InChI is InChI=1S/C21H27N3O3/c1-6-7-8-17-14-22(5)19(25)24(17)16-10-9-15-11-12-23(18(15)13-16)20(26)27-21(2,3)4/h7-10,13-14H,6,11-12H2,1-5H3/b8-7+. The number of benzene rings is 1. The topological polar surface area (TPSA) is 56.5 Å². The first-order valence-electron chi connectivity index (χ1n) is 9.30. The molecule has 0 spiro atoms. The van der Waals surface area contributed by atoms with Gasteiger partial charge in [-0.1, -0.05) is 19.1 Å². The Balaban J connectivity index is 2.03. The van der Waals surface area contributed by atoms with Crippen LogP contribution < -0.4 is 10.6 Å². The molecule has 0 bridgehead atoms. The van der Waals surface area contributed by atoms with Gasteiger partial charge in [0.2, 0.25) is 0 Å². The number of hydrogen-bond donors (Lipinski definition) is 0. The van der Waals surface area contributed by atoms with Crippen molar-refractivity contribution in [3.63, 3.8) is 0 Å². The first-order valence-corrected chi connectivity index (χ1v) is 9.30. The van der Waals surface area contributed by atoms with E-state index in [-0.39, 0.29) is 11.8 Å². The first kappa shape index (κ1) is 19.0. The highest BCUT2D eigenvalue weighted by Crippen LogP contribution is 2.31. The lowest BCUT2D eigenvalue weighted by atomic mass is 10.1. The minimum atomic E-state index is -0.550. The van der Waals surface area contributed by atoms with Crippen molar-refractivity contribution in [3.8, 4) is 5.69 Å². The van der Waals surface area contributed by atoms with Crippen LogP contribution in [-0.4, -0.2) is 27.4 Å². The predicted octanol–water partition coefficient (Wildman–Crippen LogP) is 3.90. The lowest BCUT2D eigenvalue weighted by Gasteiger charge is -2.25. The van der Waals surface area contributed by atoms with E-state index >= 15 is 0 Å². The number of aromatic nitrogens is 2. The van der Waals surface area contributed by atoms with Gasteiger partial charge in [0.15, 0.2) is 0 Å². The van der Waals surface area contributed by atoms with Crippen LogP contribution in [0.4, 0.5) is 10.5 Å². The summed E-state index contributed by atoms with van der Waals surface area (Å²) in [6.07, 6.45) is 7.09. The molecule has 1 amide bonds. The Hall–Kier alpha value is -2.76. The molecule has 2 heterocycles. The van der Waals surface area contributed by atoms with Crippen LogP contribution in [0.25, 0.3) is 11.8 Å². The number of carbonyl (C=O) groups is 1. The Kier molecular flexibility index (Phi) is 5.00. The number of aryl methyl sites for hydroxylation is 1. The van der Waals surface area contributed by atoms with Gasteiger partial charge in [0.25, 0.3) is 0 Å². The monoisotopic (exact) mass is 369 g/mol. The third-order valence-corrected chi connectivity index (χ3v) is 4.44. The Morgan fingerprint density at radius 2 is 2.04 bits per heavy atom. The summed E-state index contributed by atoms with van der Waals surface area (Å²) in [6, 6.07) is 5.82. The molecule has 0 fully saturated rings. The van der Waals surface area contributed by atoms with Gasteiger partial charge in [0.05, 0.1) is 17.1 Å². The fourth-order valence-electron chi connectivity index (χ4n) is 3.21. The Labute approximate surface area is 159 Å². The lowest BCUT2D eigenvalue weighted by Crippen LogP contribution is -2.35. The molecule has 0 atom stereocenters. The van der Waals surface area contributed by atoms with E-state index in [4.69, 9.17) is 4.74 Å². The summed E-state index contributed by atoms with van der Waals surface area (Å²) >= 11 is 0. The van der Waals surface area contributed by atoms with Crippen molar-refractivity contribution in [2.24, 2.45) is 7.05 Å². The summed E-state index contributed by atoms with van der Waals surface area (Å²) in [6.45, 7) is 8.20. The zero-order chi connectivity index (χ0) is 19.8. The normalized spacial score (nSPS) is 14.0. The van der Waals surface area contributed by atoms with Crippen molar-refractivity contribution in [2.75, 3.05) is 11.4 Å². The van der Waals surface area contributed by atoms with Gasteiger partial charge >= 0.3 is 11.8 Å². The van der Waals surface area contributed by atoms with E-state index in [0.717, 1.165) is 35.5 Å². The summed E-state index contributed by atoms with van der Waals surface area (Å²) in [4.78, 5) is 26.9. The summed E-state index contributed by atoms with van der Waals surface area (Å²) in [7, 11) is 1.74. The highest BCUT2D eigenvalue weighted by Gasteiger charge is 2.29. The van der Waals surface area contributed by atoms with Crippen LogP contribution >= 0.6 is 0 Å². The highest BCUT2D eigenvalue weighted by molar-refractivity contribution is 5.91. The largest absolute Gasteiger partial charge is 0.443 e. The van der Waals surface area contributed by atoms with Gasteiger partial charge in [-0.15, -0.1) is 0 Å². The molecule has 6 heteroatoms. The van der Waals surface area contributed by atoms with E-state index in [1.807, 2.05) is 57.3 Å².